The van der Waals surface area contributed by atoms with Gasteiger partial charge in [0.05, 0.1) is 0 Å². The Morgan fingerprint density at radius 1 is 1.41 bits per heavy atom. The molecule has 0 radical (unpaired) electrons. The second-order valence-electron chi connectivity index (χ2n) is 5.92. The van der Waals surface area contributed by atoms with E-state index < -0.39 is 11.9 Å². The summed E-state index contributed by atoms with van der Waals surface area (Å²) in [6.07, 6.45) is 1.16. The van der Waals surface area contributed by atoms with Crippen molar-refractivity contribution in [2.24, 2.45) is 0 Å². The fourth-order valence-corrected chi connectivity index (χ4v) is 2.79. The van der Waals surface area contributed by atoms with Gasteiger partial charge in [-0.3, -0.25) is 24.6 Å². The SMILES string of the molecule is C=C(CC(C)N1CCNCC1)C(=O)NC1CCC(=O)NC1=O. The van der Waals surface area contributed by atoms with Gasteiger partial charge in [-0.05, 0) is 19.8 Å². The van der Waals surface area contributed by atoms with Crippen LogP contribution in [0.15, 0.2) is 12.2 Å². The number of amides is 3. The van der Waals surface area contributed by atoms with Crippen molar-refractivity contribution in [1.29, 1.82) is 0 Å². The molecule has 0 saturated carbocycles. The lowest BCUT2D eigenvalue weighted by molar-refractivity contribution is -0.136. The van der Waals surface area contributed by atoms with Crippen LogP contribution in [0.4, 0.5) is 0 Å². The molecule has 2 aliphatic rings. The van der Waals surface area contributed by atoms with Crippen LogP contribution in [0.2, 0.25) is 0 Å². The highest BCUT2D eigenvalue weighted by atomic mass is 16.2. The number of hydrogen-bond donors (Lipinski definition) is 3. The summed E-state index contributed by atoms with van der Waals surface area (Å²) in [4.78, 5) is 37.2. The molecule has 2 aliphatic heterocycles. The van der Waals surface area contributed by atoms with Gasteiger partial charge in [0.25, 0.3) is 0 Å². The molecule has 0 aromatic rings. The Bertz CT molecular complexity index is 471. The van der Waals surface area contributed by atoms with Crippen LogP contribution in [0.1, 0.15) is 26.2 Å². The second-order valence-corrected chi connectivity index (χ2v) is 5.92. The first kappa shape index (κ1) is 16.6. The van der Waals surface area contributed by atoms with Gasteiger partial charge in [-0.15, -0.1) is 0 Å². The van der Waals surface area contributed by atoms with Gasteiger partial charge in [0.15, 0.2) is 0 Å². The fourth-order valence-electron chi connectivity index (χ4n) is 2.79. The van der Waals surface area contributed by atoms with Crippen LogP contribution < -0.4 is 16.0 Å². The van der Waals surface area contributed by atoms with Crippen molar-refractivity contribution in [3.8, 4) is 0 Å². The van der Waals surface area contributed by atoms with E-state index in [1.807, 2.05) is 0 Å². The average molecular weight is 308 g/mol. The summed E-state index contributed by atoms with van der Waals surface area (Å²) >= 11 is 0. The average Bonchev–Trinajstić information content (AvgIpc) is 2.50. The number of nitrogens with zero attached hydrogens (tertiary/aromatic N) is 1. The number of piperazine rings is 1. The molecule has 2 saturated heterocycles. The van der Waals surface area contributed by atoms with Crippen LogP contribution in [-0.2, 0) is 14.4 Å². The minimum absolute atomic E-state index is 0.238. The van der Waals surface area contributed by atoms with E-state index in [1.54, 1.807) is 0 Å². The van der Waals surface area contributed by atoms with E-state index in [9.17, 15) is 14.4 Å². The molecule has 22 heavy (non-hydrogen) atoms. The summed E-state index contributed by atoms with van der Waals surface area (Å²) in [5, 5.41) is 8.19. The third kappa shape index (κ3) is 4.38. The molecular weight excluding hydrogens is 284 g/mol. The zero-order valence-electron chi connectivity index (χ0n) is 13.0. The normalized spacial score (nSPS) is 24.5. The Labute approximate surface area is 130 Å². The summed E-state index contributed by atoms with van der Waals surface area (Å²) in [5.41, 5.74) is 0.468. The molecule has 0 aromatic carbocycles. The zero-order chi connectivity index (χ0) is 16.1. The third-order valence-corrected chi connectivity index (χ3v) is 4.18. The topological polar surface area (TPSA) is 90.5 Å². The molecule has 2 rings (SSSR count). The minimum Gasteiger partial charge on any atom is -0.341 e. The van der Waals surface area contributed by atoms with E-state index in [-0.39, 0.29) is 24.3 Å². The number of carbonyl (C=O) groups is 3. The molecule has 2 unspecified atom stereocenters. The second kappa shape index (κ2) is 7.51. The number of rotatable bonds is 5. The molecule has 3 amide bonds. The monoisotopic (exact) mass is 308 g/mol. The van der Waals surface area contributed by atoms with Crippen molar-refractivity contribution in [3.05, 3.63) is 12.2 Å². The molecule has 0 bridgehead atoms. The Kier molecular flexibility index (Phi) is 5.68. The highest BCUT2D eigenvalue weighted by Gasteiger charge is 2.28. The van der Waals surface area contributed by atoms with Crippen molar-refractivity contribution in [3.63, 3.8) is 0 Å². The lowest BCUT2D eigenvalue weighted by Gasteiger charge is -2.33. The van der Waals surface area contributed by atoms with Crippen molar-refractivity contribution >= 4 is 17.7 Å². The first-order valence-electron chi connectivity index (χ1n) is 7.74. The predicted molar refractivity (Wildman–Crippen MR) is 82.0 cm³/mol. The van der Waals surface area contributed by atoms with E-state index in [0.717, 1.165) is 26.2 Å². The maximum atomic E-state index is 12.2. The number of nitrogens with one attached hydrogen (secondary N) is 3. The standard InChI is InChI=1S/C15H24N4O3/c1-10(9-11(2)19-7-5-16-6-8-19)14(21)17-12-3-4-13(20)18-15(12)22/h11-12,16H,1,3-9H2,2H3,(H,17,21)(H,18,20,22). The van der Waals surface area contributed by atoms with Gasteiger partial charge in [-0.2, -0.15) is 0 Å². The number of hydrogen-bond acceptors (Lipinski definition) is 5. The third-order valence-electron chi connectivity index (χ3n) is 4.18. The van der Waals surface area contributed by atoms with Crippen LogP contribution in [0, 0.1) is 0 Å². The Morgan fingerprint density at radius 3 is 2.73 bits per heavy atom. The first-order valence-corrected chi connectivity index (χ1v) is 7.74. The van der Waals surface area contributed by atoms with Gasteiger partial charge in [-0.25, -0.2) is 0 Å². The number of piperidine rings is 1. The largest absolute Gasteiger partial charge is 0.341 e. The van der Waals surface area contributed by atoms with Crippen molar-refractivity contribution < 1.29 is 14.4 Å². The smallest absolute Gasteiger partial charge is 0.249 e. The quantitative estimate of drug-likeness (QED) is 0.454. The maximum Gasteiger partial charge on any atom is 0.249 e. The number of imide groups is 1. The summed E-state index contributed by atoms with van der Waals surface area (Å²) in [6, 6.07) is -0.404. The molecule has 7 nitrogen and oxygen atoms in total. The first-order chi connectivity index (χ1) is 10.5. The van der Waals surface area contributed by atoms with Gasteiger partial charge < -0.3 is 10.6 Å². The summed E-state index contributed by atoms with van der Waals surface area (Å²) in [5.74, 6) is -1.04. The summed E-state index contributed by atoms with van der Waals surface area (Å²) < 4.78 is 0. The Balaban J connectivity index is 1.80. The molecule has 0 aliphatic carbocycles. The van der Waals surface area contributed by atoms with E-state index in [0.29, 0.717) is 18.4 Å². The summed E-state index contributed by atoms with van der Waals surface area (Å²) in [7, 11) is 0. The molecule has 2 heterocycles. The molecule has 122 valence electrons. The zero-order valence-corrected chi connectivity index (χ0v) is 13.0. The fraction of sp³-hybridized carbons (Fsp3) is 0.667. The van der Waals surface area contributed by atoms with Crippen LogP contribution in [0.5, 0.6) is 0 Å². The highest BCUT2D eigenvalue weighted by Crippen LogP contribution is 2.12. The van der Waals surface area contributed by atoms with Gasteiger partial charge >= 0.3 is 0 Å². The van der Waals surface area contributed by atoms with E-state index in [2.05, 4.69) is 34.4 Å². The van der Waals surface area contributed by atoms with Crippen LogP contribution in [0.3, 0.4) is 0 Å². The molecule has 2 atom stereocenters. The van der Waals surface area contributed by atoms with Crippen LogP contribution in [-0.4, -0.2) is 60.9 Å². The van der Waals surface area contributed by atoms with E-state index in [4.69, 9.17) is 0 Å². The molecule has 0 aromatic heterocycles. The molecule has 7 heteroatoms. The molecule has 2 fully saturated rings. The summed E-state index contributed by atoms with van der Waals surface area (Å²) in [6.45, 7) is 9.76. The van der Waals surface area contributed by atoms with Gasteiger partial charge in [-0.1, -0.05) is 6.58 Å². The Morgan fingerprint density at radius 2 is 2.09 bits per heavy atom. The minimum atomic E-state index is -0.642. The van der Waals surface area contributed by atoms with Crippen molar-refractivity contribution in [1.82, 2.24) is 20.9 Å². The van der Waals surface area contributed by atoms with Crippen LogP contribution in [0.25, 0.3) is 0 Å². The van der Waals surface area contributed by atoms with E-state index in [1.165, 1.54) is 0 Å². The molecule has 0 spiro atoms. The Hall–Kier alpha value is -1.73. The number of carbonyl (C=O) groups excluding carboxylic acids is 3. The lowest BCUT2D eigenvalue weighted by atomic mass is 10.0. The van der Waals surface area contributed by atoms with Gasteiger partial charge in [0.2, 0.25) is 17.7 Å². The lowest BCUT2D eigenvalue weighted by Crippen LogP contribution is -2.52. The maximum absolute atomic E-state index is 12.2. The van der Waals surface area contributed by atoms with Crippen molar-refractivity contribution in [2.75, 3.05) is 26.2 Å². The van der Waals surface area contributed by atoms with Crippen LogP contribution >= 0.6 is 0 Å². The highest BCUT2D eigenvalue weighted by molar-refractivity contribution is 6.03. The van der Waals surface area contributed by atoms with E-state index >= 15 is 0 Å². The van der Waals surface area contributed by atoms with Gasteiger partial charge in [0, 0.05) is 44.2 Å². The van der Waals surface area contributed by atoms with Gasteiger partial charge in [0.1, 0.15) is 6.04 Å². The predicted octanol–water partition coefficient (Wildman–Crippen LogP) is -0.852. The molecular formula is C15H24N4O3. The van der Waals surface area contributed by atoms with Crippen molar-refractivity contribution in [2.45, 2.75) is 38.3 Å². The molecule has 3 N–H and O–H groups in total.